The predicted molar refractivity (Wildman–Crippen MR) is 70.5 cm³/mol. The Morgan fingerprint density at radius 2 is 2.39 bits per heavy atom. The highest BCUT2D eigenvalue weighted by Crippen LogP contribution is 2.15. The van der Waals surface area contributed by atoms with E-state index in [4.69, 9.17) is 0 Å². The summed E-state index contributed by atoms with van der Waals surface area (Å²) in [6, 6.07) is 4.71. The Bertz CT molecular complexity index is 455. The van der Waals surface area contributed by atoms with Crippen molar-refractivity contribution >= 4 is 21.8 Å². The summed E-state index contributed by atoms with van der Waals surface area (Å²) in [6.07, 6.45) is 0. The van der Waals surface area contributed by atoms with Crippen molar-refractivity contribution in [3.63, 3.8) is 0 Å². The Balaban J connectivity index is 1.95. The predicted octanol–water partition coefficient (Wildman–Crippen LogP) is 1.43. The van der Waals surface area contributed by atoms with E-state index < -0.39 is 5.82 Å². The number of carbonyl (C=O) groups is 1. The molecule has 1 amide bonds. The molecule has 0 bridgehead atoms. The number of rotatable bonds is 3. The number of amides is 1. The number of hydrogen-bond acceptors (Lipinski definition) is 3. The Kier molecular flexibility index (Phi) is 4.31. The molecule has 1 heterocycles. The fourth-order valence-corrected chi connectivity index (χ4v) is 2.22. The molecular weight excluding hydrogens is 301 g/mol. The van der Waals surface area contributed by atoms with E-state index >= 15 is 0 Å². The van der Waals surface area contributed by atoms with Crippen LogP contribution in [-0.4, -0.2) is 25.0 Å². The van der Waals surface area contributed by atoms with E-state index in [0.717, 1.165) is 6.54 Å². The monoisotopic (exact) mass is 315 g/mol. The lowest BCUT2D eigenvalue weighted by Crippen LogP contribution is -2.35. The molecule has 1 aliphatic rings. The first-order valence-corrected chi connectivity index (χ1v) is 6.59. The van der Waals surface area contributed by atoms with Gasteiger partial charge < -0.3 is 5.32 Å². The molecule has 2 atom stereocenters. The minimum absolute atomic E-state index is 0.0739. The van der Waals surface area contributed by atoms with Crippen LogP contribution in [-0.2, 0) is 0 Å². The van der Waals surface area contributed by atoms with Crippen LogP contribution in [0.5, 0.6) is 0 Å². The summed E-state index contributed by atoms with van der Waals surface area (Å²) < 4.78 is 14.2. The number of hydrazine groups is 1. The molecule has 1 aliphatic heterocycles. The second kappa shape index (κ2) is 5.77. The van der Waals surface area contributed by atoms with Gasteiger partial charge in [0.25, 0.3) is 5.91 Å². The second-order valence-corrected chi connectivity index (χ2v) is 5.32. The molecule has 0 saturated carbocycles. The van der Waals surface area contributed by atoms with E-state index in [0.29, 0.717) is 23.0 Å². The number of benzene rings is 1. The molecule has 1 fully saturated rings. The molecule has 2 unspecified atom stereocenters. The summed E-state index contributed by atoms with van der Waals surface area (Å²) in [5.41, 5.74) is 6.17. The van der Waals surface area contributed by atoms with Crippen molar-refractivity contribution < 1.29 is 9.18 Å². The fourth-order valence-electron chi connectivity index (χ4n) is 1.89. The summed E-state index contributed by atoms with van der Waals surface area (Å²) >= 11 is 3.16. The summed E-state index contributed by atoms with van der Waals surface area (Å²) in [5, 5.41) is 2.76. The SMILES string of the molecule is CC1NNCC1CNC(=O)c1ccc(Br)cc1F. The number of hydrogen-bond donors (Lipinski definition) is 3. The number of nitrogens with one attached hydrogen (secondary N) is 3. The first-order chi connectivity index (χ1) is 8.58. The zero-order valence-corrected chi connectivity index (χ0v) is 11.6. The standard InChI is InChI=1S/C12H15BrFN3O/c1-7-8(6-16-17-7)5-15-12(18)10-3-2-9(13)4-11(10)14/h2-4,7-8,16-17H,5-6H2,1H3,(H,15,18). The van der Waals surface area contributed by atoms with Crippen LogP contribution in [0.1, 0.15) is 17.3 Å². The van der Waals surface area contributed by atoms with Gasteiger partial charge in [0, 0.05) is 29.5 Å². The van der Waals surface area contributed by atoms with Crippen LogP contribution < -0.4 is 16.2 Å². The van der Waals surface area contributed by atoms with E-state index in [9.17, 15) is 9.18 Å². The van der Waals surface area contributed by atoms with E-state index in [2.05, 4.69) is 32.1 Å². The first kappa shape index (κ1) is 13.5. The highest BCUT2D eigenvalue weighted by atomic mass is 79.9. The van der Waals surface area contributed by atoms with Gasteiger partial charge in [-0.05, 0) is 25.1 Å². The quantitative estimate of drug-likeness (QED) is 0.791. The zero-order chi connectivity index (χ0) is 13.1. The third-order valence-electron chi connectivity index (χ3n) is 3.10. The molecule has 2 rings (SSSR count). The lowest BCUT2D eigenvalue weighted by molar-refractivity contribution is 0.0943. The maximum atomic E-state index is 13.6. The molecule has 18 heavy (non-hydrogen) atoms. The topological polar surface area (TPSA) is 53.2 Å². The maximum absolute atomic E-state index is 13.6. The zero-order valence-electron chi connectivity index (χ0n) is 9.97. The van der Waals surface area contributed by atoms with Crippen LogP contribution in [0, 0.1) is 11.7 Å². The molecule has 1 aromatic carbocycles. The summed E-state index contributed by atoms with van der Waals surface area (Å²) in [7, 11) is 0. The van der Waals surface area contributed by atoms with Crippen LogP contribution in [0.2, 0.25) is 0 Å². The fraction of sp³-hybridized carbons (Fsp3) is 0.417. The molecule has 1 saturated heterocycles. The second-order valence-electron chi connectivity index (χ2n) is 4.41. The van der Waals surface area contributed by atoms with Crippen LogP contribution in [0.4, 0.5) is 4.39 Å². The Hall–Kier alpha value is -0.980. The van der Waals surface area contributed by atoms with Crippen LogP contribution in [0.25, 0.3) is 0 Å². The highest BCUT2D eigenvalue weighted by molar-refractivity contribution is 9.10. The Labute approximate surface area is 113 Å². The molecule has 1 aromatic rings. The molecule has 3 N–H and O–H groups in total. The molecule has 4 nitrogen and oxygen atoms in total. The molecule has 0 aliphatic carbocycles. The minimum atomic E-state index is -0.516. The van der Waals surface area contributed by atoms with Gasteiger partial charge in [0.1, 0.15) is 5.82 Å². The molecule has 0 radical (unpaired) electrons. The summed E-state index contributed by atoms with van der Waals surface area (Å²) in [6.45, 7) is 3.36. The average Bonchev–Trinajstić information content (AvgIpc) is 2.72. The first-order valence-electron chi connectivity index (χ1n) is 5.79. The van der Waals surface area contributed by atoms with E-state index in [1.54, 1.807) is 6.07 Å². The van der Waals surface area contributed by atoms with Crippen molar-refractivity contribution in [3.05, 3.63) is 34.1 Å². The molecule has 0 spiro atoms. The van der Waals surface area contributed by atoms with E-state index in [1.807, 2.05) is 6.92 Å². The van der Waals surface area contributed by atoms with Crippen LogP contribution in [0.3, 0.4) is 0 Å². The van der Waals surface area contributed by atoms with Crippen molar-refractivity contribution in [2.24, 2.45) is 5.92 Å². The van der Waals surface area contributed by atoms with Crippen molar-refractivity contribution in [1.82, 2.24) is 16.2 Å². The van der Waals surface area contributed by atoms with Gasteiger partial charge in [-0.25, -0.2) is 4.39 Å². The van der Waals surface area contributed by atoms with Crippen molar-refractivity contribution in [2.75, 3.05) is 13.1 Å². The Morgan fingerprint density at radius 3 is 3.00 bits per heavy atom. The van der Waals surface area contributed by atoms with Gasteiger partial charge in [-0.1, -0.05) is 15.9 Å². The maximum Gasteiger partial charge on any atom is 0.254 e. The third kappa shape index (κ3) is 3.07. The van der Waals surface area contributed by atoms with Crippen LogP contribution in [0.15, 0.2) is 22.7 Å². The Morgan fingerprint density at radius 1 is 1.61 bits per heavy atom. The highest BCUT2D eigenvalue weighted by Gasteiger charge is 2.23. The largest absolute Gasteiger partial charge is 0.352 e. The van der Waals surface area contributed by atoms with Gasteiger partial charge in [-0.3, -0.25) is 15.6 Å². The molecule has 0 aromatic heterocycles. The summed E-state index contributed by atoms with van der Waals surface area (Å²) in [4.78, 5) is 11.8. The van der Waals surface area contributed by atoms with Crippen LogP contribution >= 0.6 is 15.9 Å². The van der Waals surface area contributed by atoms with Gasteiger partial charge in [0.2, 0.25) is 0 Å². The minimum Gasteiger partial charge on any atom is -0.352 e. The summed E-state index contributed by atoms with van der Waals surface area (Å²) in [5.74, 6) is -0.579. The van der Waals surface area contributed by atoms with Gasteiger partial charge in [0.15, 0.2) is 0 Å². The molecule has 98 valence electrons. The lowest BCUT2D eigenvalue weighted by Gasteiger charge is -2.14. The van der Waals surface area contributed by atoms with Crippen molar-refractivity contribution in [3.8, 4) is 0 Å². The molecule has 6 heteroatoms. The average molecular weight is 316 g/mol. The van der Waals surface area contributed by atoms with Gasteiger partial charge in [-0.15, -0.1) is 0 Å². The molecular formula is C12H15BrFN3O. The normalized spacial score (nSPS) is 23.1. The van der Waals surface area contributed by atoms with Crippen molar-refractivity contribution in [2.45, 2.75) is 13.0 Å². The number of carbonyl (C=O) groups excluding carboxylic acids is 1. The smallest absolute Gasteiger partial charge is 0.254 e. The van der Waals surface area contributed by atoms with E-state index in [-0.39, 0.29) is 11.5 Å². The van der Waals surface area contributed by atoms with E-state index in [1.165, 1.54) is 12.1 Å². The third-order valence-corrected chi connectivity index (χ3v) is 3.59. The van der Waals surface area contributed by atoms with Gasteiger partial charge >= 0.3 is 0 Å². The van der Waals surface area contributed by atoms with Gasteiger partial charge in [-0.2, -0.15) is 0 Å². The number of halogens is 2. The van der Waals surface area contributed by atoms with Crippen molar-refractivity contribution in [1.29, 1.82) is 0 Å². The lowest BCUT2D eigenvalue weighted by atomic mass is 10.0. The van der Waals surface area contributed by atoms with Gasteiger partial charge in [0.05, 0.1) is 5.56 Å².